The van der Waals surface area contributed by atoms with Crippen molar-refractivity contribution in [3.8, 4) is 5.69 Å². The first-order valence-electron chi connectivity index (χ1n) is 11.7. The minimum atomic E-state index is -0.430. The van der Waals surface area contributed by atoms with E-state index in [0.717, 1.165) is 15.7 Å². The van der Waals surface area contributed by atoms with Crippen LogP contribution in [-0.4, -0.2) is 62.1 Å². The van der Waals surface area contributed by atoms with Gasteiger partial charge in [-0.3, -0.25) is 14.4 Å². The summed E-state index contributed by atoms with van der Waals surface area (Å²) >= 11 is 15.9. The molecule has 194 valence electrons. The van der Waals surface area contributed by atoms with Crippen LogP contribution in [0.4, 0.5) is 5.69 Å². The molecule has 2 heterocycles. The number of carbonyl (C=O) groups excluding carboxylic acids is 3. The molecule has 1 saturated heterocycles. The Balaban J connectivity index is 1.44. The lowest BCUT2D eigenvalue weighted by atomic mass is 10.1. The highest BCUT2D eigenvalue weighted by Gasteiger charge is 2.30. The molecule has 1 fully saturated rings. The molecule has 0 saturated carbocycles. The molecule has 37 heavy (non-hydrogen) atoms. The molecular weight excluding hydrogens is 583 g/mol. The van der Waals surface area contributed by atoms with Crippen LogP contribution in [0.2, 0.25) is 10.0 Å². The van der Waals surface area contributed by atoms with Crippen molar-refractivity contribution in [1.82, 2.24) is 24.8 Å². The number of hydrogen-bond donors (Lipinski definition) is 1. The third-order valence-electron chi connectivity index (χ3n) is 5.93. The number of aromatic nitrogens is 3. The van der Waals surface area contributed by atoms with Crippen molar-refractivity contribution in [1.29, 1.82) is 0 Å². The van der Waals surface area contributed by atoms with E-state index >= 15 is 0 Å². The van der Waals surface area contributed by atoms with E-state index in [-0.39, 0.29) is 52.6 Å². The van der Waals surface area contributed by atoms with Gasteiger partial charge in [-0.2, -0.15) is 0 Å². The van der Waals surface area contributed by atoms with Crippen molar-refractivity contribution in [2.75, 3.05) is 25.0 Å². The zero-order valence-corrected chi connectivity index (χ0v) is 23.4. The number of nitrogens with one attached hydrogen (secondary N) is 1. The molecule has 0 atom stereocenters. The summed E-state index contributed by atoms with van der Waals surface area (Å²) in [7, 11) is 0. The highest BCUT2D eigenvalue weighted by Crippen LogP contribution is 2.32. The van der Waals surface area contributed by atoms with Crippen molar-refractivity contribution in [3.63, 3.8) is 0 Å². The predicted octanol–water partition coefficient (Wildman–Crippen LogP) is 4.87. The molecule has 1 aromatic heterocycles. The van der Waals surface area contributed by atoms with E-state index < -0.39 is 5.91 Å². The topological polar surface area (TPSA) is 100 Å². The largest absolute Gasteiger partial charge is 0.333 e. The van der Waals surface area contributed by atoms with Gasteiger partial charge < -0.3 is 15.1 Å². The molecule has 12 heteroatoms. The summed E-state index contributed by atoms with van der Waals surface area (Å²) < 4.78 is 2.67. The Hall–Kier alpha value is -2.95. The van der Waals surface area contributed by atoms with Crippen molar-refractivity contribution in [2.24, 2.45) is 0 Å². The smallest absolute Gasteiger partial charge is 0.256 e. The fraction of sp³-hybridized carbons (Fsp3) is 0.320. The standard InChI is InChI=1S/C25H25BrCl2N6O3/c1-3-4-22(35)29-24-19(10-16(27)11-21(24)28)25(37)33-8-7-32(23(36)14-33)12-17-13-34(31-30-17)18-5-6-20(26)15(2)9-18/h5-6,9-11,13H,3-4,7-8,12,14H2,1-2H3,(H,29,35). The number of halogens is 3. The zero-order chi connectivity index (χ0) is 26.7. The van der Waals surface area contributed by atoms with Gasteiger partial charge in [0, 0.05) is 29.0 Å². The van der Waals surface area contributed by atoms with E-state index in [1.165, 1.54) is 17.0 Å². The quantitative estimate of drug-likeness (QED) is 0.413. The van der Waals surface area contributed by atoms with Crippen LogP contribution in [-0.2, 0) is 16.1 Å². The molecule has 1 N–H and O–H groups in total. The maximum absolute atomic E-state index is 13.3. The minimum Gasteiger partial charge on any atom is -0.333 e. The number of anilines is 1. The number of carbonyl (C=O) groups is 3. The number of hydrogen-bond acceptors (Lipinski definition) is 5. The van der Waals surface area contributed by atoms with E-state index in [2.05, 4.69) is 31.6 Å². The third-order valence-corrected chi connectivity index (χ3v) is 7.34. The van der Waals surface area contributed by atoms with Gasteiger partial charge in [0.15, 0.2) is 0 Å². The first kappa shape index (κ1) is 27.1. The van der Waals surface area contributed by atoms with E-state index in [1.54, 1.807) is 15.8 Å². The number of benzene rings is 2. The van der Waals surface area contributed by atoms with Crippen LogP contribution in [0, 0.1) is 6.92 Å². The molecule has 3 aromatic rings. The molecule has 1 aliphatic heterocycles. The average molecular weight is 608 g/mol. The van der Waals surface area contributed by atoms with E-state index in [0.29, 0.717) is 25.2 Å². The van der Waals surface area contributed by atoms with E-state index in [9.17, 15) is 14.4 Å². The predicted molar refractivity (Wildman–Crippen MR) is 145 cm³/mol. The Bertz CT molecular complexity index is 1360. The maximum atomic E-state index is 13.3. The second kappa shape index (κ2) is 11.6. The van der Waals surface area contributed by atoms with Crippen molar-refractivity contribution < 1.29 is 14.4 Å². The first-order valence-corrected chi connectivity index (χ1v) is 13.2. The van der Waals surface area contributed by atoms with Crippen LogP contribution in [0.1, 0.15) is 41.4 Å². The number of rotatable bonds is 7. The summed E-state index contributed by atoms with van der Waals surface area (Å²) in [5, 5.41) is 11.5. The molecular formula is C25H25BrCl2N6O3. The molecule has 1 aliphatic rings. The SMILES string of the molecule is CCCC(=O)Nc1c(Cl)cc(Cl)cc1C(=O)N1CCN(Cc2cn(-c3ccc(Br)c(C)c3)nn2)C(=O)C1. The molecule has 0 bridgehead atoms. The maximum Gasteiger partial charge on any atom is 0.256 e. The molecule has 0 radical (unpaired) electrons. The van der Waals surface area contributed by atoms with Crippen LogP contribution >= 0.6 is 39.1 Å². The number of nitrogens with zero attached hydrogens (tertiary/aromatic N) is 5. The summed E-state index contributed by atoms with van der Waals surface area (Å²) in [5.74, 6) is -0.910. The second-order valence-electron chi connectivity index (χ2n) is 8.74. The Kier molecular flexibility index (Phi) is 8.51. The molecule has 0 unspecified atom stereocenters. The van der Waals surface area contributed by atoms with Crippen molar-refractivity contribution in [2.45, 2.75) is 33.2 Å². The highest BCUT2D eigenvalue weighted by atomic mass is 79.9. The van der Waals surface area contributed by atoms with Gasteiger partial charge in [-0.25, -0.2) is 4.68 Å². The van der Waals surface area contributed by atoms with Gasteiger partial charge in [0.05, 0.1) is 34.7 Å². The van der Waals surface area contributed by atoms with E-state index in [1.807, 2.05) is 32.0 Å². The Morgan fingerprint density at radius 3 is 2.65 bits per heavy atom. The lowest BCUT2D eigenvalue weighted by Gasteiger charge is -2.34. The van der Waals surface area contributed by atoms with Crippen LogP contribution < -0.4 is 5.32 Å². The van der Waals surface area contributed by atoms with Crippen LogP contribution in [0.5, 0.6) is 0 Å². The Morgan fingerprint density at radius 1 is 1.16 bits per heavy atom. The fourth-order valence-electron chi connectivity index (χ4n) is 3.98. The summed E-state index contributed by atoms with van der Waals surface area (Å²) in [5.41, 5.74) is 2.92. The van der Waals surface area contributed by atoms with Gasteiger partial charge in [0.1, 0.15) is 12.2 Å². The Labute approximate surface area is 232 Å². The van der Waals surface area contributed by atoms with Crippen molar-refractivity contribution in [3.05, 3.63) is 67.9 Å². The monoisotopic (exact) mass is 606 g/mol. The van der Waals surface area contributed by atoms with Crippen LogP contribution in [0.3, 0.4) is 0 Å². The van der Waals surface area contributed by atoms with E-state index in [4.69, 9.17) is 23.2 Å². The molecule has 0 spiro atoms. The molecule has 3 amide bonds. The summed E-state index contributed by atoms with van der Waals surface area (Å²) in [4.78, 5) is 41.5. The van der Waals surface area contributed by atoms with Gasteiger partial charge in [-0.1, -0.05) is 51.3 Å². The third kappa shape index (κ3) is 6.31. The summed E-state index contributed by atoms with van der Waals surface area (Å²) in [6, 6.07) is 8.77. The number of amides is 3. The zero-order valence-electron chi connectivity index (χ0n) is 20.3. The molecule has 4 rings (SSSR count). The lowest BCUT2D eigenvalue weighted by Crippen LogP contribution is -2.52. The van der Waals surface area contributed by atoms with Crippen LogP contribution in [0.15, 0.2) is 41.0 Å². The van der Waals surface area contributed by atoms with Gasteiger partial charge in [0.2, 0.25) is 11.8 Å². The summed E-state index contributed by atoms with van der Waals surface area (Å²) in [6.07, 6.45) is 2.72. The normalized spacial score (nSPS) is 13.7. The molecule has 0 aliphatic carbocycles. The lowest BCUT2D eigenvalue weighted by molar-refractivity contribution is -0.135. The molecule has 9 nitrogen and oxygen atoms in total. The average Bonchev–Trinajstić information content (AvgIpc) is 3.32. The van der Waals surface area contributed by atoms with Gasteiger partial charge in [-0.15, -0.1) is 5.10 Å². The number of piperazine rings is 1. The second-order valence-corrected chi connectivity index (χ2v) is 10.4. The van der Waals surface area contributed by atoms with Gasteiger partial charge in [0.25, 0.3) is 5.91 Å². The highest BCUT2D eigenvalue weighted by molar-refractivity contribution is 9.10. The Morgan fingerprint density at radius 2 is 1.95 bits per heavy atom. The minimum absolute atomic E-state index is 0.120. The fourth-order valence-corrected chi connectivity index (χ4v) is 4.77. The van der Waals surface area contributed by atoms with Gasteiger partial charge in [-0.05, 0) is 49.2 Å². The first-order chi connectivity index (χ1) is 17.7. The number of aryl methyl sites for hydroxylation is 1. The van der Waals surface area contributed by atoms with Crippen molar-refractivity contribution >= 4 is 62.5 Å². The van der Waals surface area contributed by atoms with Gasteiger partial charge >= 0.3 is 0 Å². The van der Waals surface area contributed by atoms with Crippen LogP contribution in [0.25, 0.3) is 5.69 Å². The molecule has 2 aromatic carbocycles. The summed E-state index contributed by atoms with van der Waals surface area (Å²) in [6.45, 7) is 4.65.